The van der Waals surface area contributed by atoms with E-state index < -0.39 is 0 Å². The average Bonchev–Trinajstić information content (AvgIpc) is 2.28. The van der Waals surface area contributed by atoms with E-state index in [2.05, 4.69) is 5.92 Å². The topological polar surface area (TPSA) is 55.5 Å². The molecule has 0 aliphatic heterocycles. The van der Waals surface area contributed by atoms with Crippen molar-refractivity contribution in [2.45, 2.75) is 12.5 Å². The van der Waals surface area contributed by atoms with E-state index in [0.29, 0.717) is 6.42 Å². The number of nitrogens with two attached hydrogens (primary N) is 1. The van der Waals surface area contributed by atoms with E-state index in [1.807, 2.05) is 24.3 Å². The van der Waals surface area contributed by atoms with Gasteiger partial charge in [0.2, 0.25) is 0 Å². The Morgan fingerprint density at radius 3 is 2.87 bits per heavy atom. The Hall–Kier alpha value is -1.50. The fourth-order valence-corrected chi connectivity index (χ4v) is 1.28. The van der Waals surface area contributed by atoms with Crippen molar-refractivity contribution in [3.63, 3.8) is 0 Å². The summed E-state index contributed by atoms with van der Waals surface area (Å²) in [6.45, 7) is 0.203. The van der Waals surface area contributed by atoms with Crippen LogP contribution >= 0.6 is 0 Å². The second kappa shape index (κ2) is 6.07. The Kier molecular flexibility index (Phi) is 4.69. The summed E-state index contributed by atoms with van der Waals surface area (Å²) in [6.07, 6.45) is 5.69. The minimum absolute atomic E-state index is 0.0382. The van der Waals surface area contributed by atoms with Crippen molar-refractivity contribution < 1.29 is 9.84 Å². The maximum atomic E-state index is 8.86. The quantitative estimate of drug-likeness (QED) is 0.691. The van der Waals surface area contributed by atoms with Crippen molar-refractivity contribution in [1.82, 2.24) is 0 Å². The summed E-state index contributed by atoms with van der Waals surface area (Å²) < 4.78 is 5.36. The van der Waals surface area contributed by atoms with Gasteiger partial charge in [0.05, 0.1) is 6.61 Å². The van der Waals surface area contributed by atoms with Gasteiger partial charge in [-0.3, -0.25) is 0 Å². The third kappa shape index (κ3) is 3.62. The normalized spacial score (nSPS) is 11.8. The average molecular weight is 205 g/mol. The second-order valence-corrected chi connectivity index (χ2v) is 3.25. The Bertz CT molecular complexity index is 344. The van der Waals surface area contributed by atoms with Gasteiger partial charge in [0.25, 0.3) is 0 Å². The summed E-state index contributed by atoms with van der Waals surface area (Å²) >= 11 is 0. The molecule has 1 atom stereocenters. The molecular formula is C12H15NO2. The maximum Gasteiger partial charge on any atom is 0.148 e. The predicted molar refractivity (Wildman–Crippen MR) is 59.5 cm³/mol. The molecule has 0 fully saturated rings. The van der Waals surface area contributed by atoms with Crippen LogP contribution in [0.5, 0.6) is 5.75 Å². The monoisotopic (exact) mass is 205 g/mol. The Morgan fingerprint density at radius 1 is 1.47 bits per heavy atom. The van der Waals surface area contributed by atoms with Crippen molar-refractivity contribution in [3.8, 4) is 18.1 Å². The molecule has 1 unspecified atom stereocenters. The molecule has 0 radical (unpaired) electrons. The second-order valence-electron chi connectivity index (χ2n) is 3.25. The van der Waals surface area contributed by atoms with Crippen LogP contribution in [0.15, 0.2) is 24.3 Å². The van der Waals surface area contributed by atoms with Crippen molar-refractivity contribution in [2.75, 3.05) is 13.2 Å². The fraction of sp³-hybridized carbons (Fsp3) is 0.333. The van der Waals surface area contributed by atoms with E-state index in [-0.39, 0.29) is 19.3 Å². The first-order chi connectivity index (χ1) is 7.27. The highest BCUT2D eigenvalue weighted by molar-refractivity contribution is 5.34. The van der Waals surface area contributed by atoms with Crippen LogP contribution in [0.1, 0.15) is 5.56 Å². The first kappa shape index (κ1) is 11.6. The molecule has 0 bridgehead atoms. The van der Waals surface area contributed by atoms with Gasteiger partial charge in [-0.2, -0.15) is 0 Å². The maximum absolute atomic E-state index is 8.86. The number of hydrogen-bond acceptors (Lipinski definition) is 3. The summed E-state index contributed by atoms with van der Waals surface area (Å²) in [4.78, 5) is 0. The minimum atomic E-state index is -0.263. The molecule has 1 aromatic rings. The number of ether oxygens (including phenoxy) is 1. The number of aliphatic hydroxyl groups excluding tert-OH is 1. The van der Waals surface area contributed by atoms with Crippen molar-refractivity contribution >= 4 is 0 Å². The molecule has 1 rings (SSSR count). The zero-order valence-corrected chi connectivity index (χ0v) is 8.52. The standard InChI is InChI=1S/C12H15NO2/c1-2-7-15-12-6-4-3-5-10(12)8-11(13)9-14/h1,3-6,11,14H,7-9,13H2. The number of para-hydroxylation sites is 1. The number of hydrogen-bond donors (Lipinski definition) is 2. The highest BCUT2D eigenvalue weighted by Gasteiger charge is 2.07. The molecule has 0 heterocycles. The molecule has 80 valence electrons. The van der Waals surface area contributed by atoms with Crippen LogP contribution < -0.4 is 10.5 Å². The molecule has 0 spiro atoms. The van der Waals surface area contributed by atoms with E-state index in [1.54, 1.807) is 0 Å². The van der Waals surface area contributed by atoms with Crippen molar-refractivity contribution in [3.05, 3.63) is 29.8 Å². The summed E-state index contributed by atoms with van der Waals surface area (Å²) in [5.41, 5.74) is 6.62. The highest BCUT2D eigenvalue weighted by Crippen LogP contribution is 2.18. The fourth-order valence-electron chi connectivity index (χ4n) is 1.28. The molecule has 0 amide bonds. The van der Waals surface area contributed by atoms with Gasteiger partial charge in [0.1, 0.15) is 12.4 Å². The number of benzene rings is 1. The van der Waals surface area contributed by atoms with E-state index in [0.717, 1.165) is 11.3 Å². The predicted octanol–water partition coefficient (Wildman–Crippen LogP) is 0.561. The summed E-state index contributed by atoms with van der Waals surface area (Å²) in [7, 11) is 0. The van der Waals surface area contributed by atoms with Crippen LogP contribution in [-0.2, 0) is 6.42 Å². The van der Waals surface area contributed by atoms with Crippen LogP contribution in [-0.4, -0.2) is 24.4 Å². The first-order valence-electron chi connectivity index (χ1n) is 4.78. The van der Waals surface area contributed by atoms with Crippen LogP contribution in [0.2, 0.25) is 0 Å². The molecular weight excluding hydrogens is 190 g/mol. The molecule has 3 heteroatoms. The molecule has 3 nitrogen and oxygen atoms in total. The summed E-state index contributed by atoms with van der Waals surface area (Å²) in [6, 6.07) is 7.28. The van der Waals surface area contributed by atoms with Crippen molar-refractivity contribution in [2.24, 2.45) is 5.73 Å². The lowest BCUT2D eigenvalue weighted by atomic mass is 10.1. The van der Waals surface area contributed by atoms with E-state index in [1.165, 1.54) is 0 Å². The largest absolute Gasteiger partial charge is 0.481 e. The number of aliphatic hydroxyl groups is 1. The van der Waals surface area contributed by atoms with Gasteiger partial charge in [-0.15, -0.1) is 6.42 Å². The van der Waals surface area contributed by atoms with Gasteiger partial charge >= 0.3 is 0 Å². The molecule has 0 aromatic heterocycles. The molecule has 0 saturated heterocycles. The van der Waals surface area contributed by atoms with Gasteiger partial charge in [0.15, 0.2) is 0 Å². The lowest BCUT2D eigenvalue weighted by Crippen LogP contribution is -2.27. The van der Waals surface area contributed by atoms with Gasteiger partial charge < -0.3 is 15.6 Å². The molecule has 15 heavy (non-hydrogen) atoms. The van der Waals surface area contributed by atoms with Crippen LogP contribution in [0.25, 0.3) is 0 Å². The zero-order valence-electron chi connectivity index (χ0n) is 8.52. The number of rotatable bonds is 5. The van der Waals surface area contributed by atoms with Crippen LogP contribution in [0, 0.1) is 12.3 Å². The van der Waals surface area contributed by atoms with Crippen LogP contribution in [0.3, 0.4) is 0 Å². The Balaban J connectivity index is 2.73. The lowest BCUT2D eigenvalue weighted by Gasteiger charge is -2.12. The van der Waals surface area contributed by atoms with Gasteiger partial charge in [-0.1, -0.05) is 24.1 Å². The Morgan fingerprint density at radius 2 is 2.20 bits per heavy atom. The van der Waals surface area contributed by atoms with Gasteiger partial charge in [-0.05, 0) is 18.1 Å². The molecule has 3 N–H and O–H groups in total. The lowest BCUT2D eigenvalue weighted by molar-refractivity contribution is 0.264. The first-order valence-corrected chi connectivity index (χ1v) is 4.78. The summed E-state index contributed by atoms with van der Waals surface area (Å²) in [5, 5.41) is 8.86. The third-order valence-electron chi connectivity index (χ3n) is 2.00. The third-order valence-corrected chi connectivity index (χ3v) is 2.00. The highest BCUT2D eigenvalue weighted by atomic mass is 16.5. The van der Waals surface area contributed by atoms with E-state index >= 15 is 0 Å². The minimum Gasteiger partial charge on any atom is -0.481 e. The molecule has 1 aromatic carbocycles. The van der Waals surface area contributed by atoms with Gasteiger partial charge in [0, 0.05) is 6.04 Å². The van der Waals surface area contributed by atoms with Crippen molar-refractivity contribution in [1.29, 1.82) is 0 Å². The van der Waals surface area contributed by atoms with E-state index in [9.17, 15) is 0 Å². The summed E-state index contributed by atoms with van der Waals surface area (Å²) in [5.74, 6) is 3.14. The number of terminal acetylenes is 1. The molecule has 0 saturated carbocycles. The zero-order chi connectivity index (χ0) is 11.1. The Labute approximate surface area is 89.9 Å². The van der Waals surface area contributed by atoms with Gasteiger partial charge in [-0.25, -0.2) is 0 Å². The smallest absolute Gasteiger partial charge is 0.148 e. The van der Waals surface area contributed by atoms with Crippen LogP contribution in [0.4, 0.5) is 0 Å². The molecule has 0 aliphatic carbocycles. The molecule has 0 aliphatic rings. The van der Waals surface area contributed by atoms with E-state index in [4.69, 9.17) is 22.0 Å². The SMILES string of the molecule is C#CCOc1ccccc1CC(N)CO.